The molecule has 0 aliphatic rings. The van der Waals surface area contributed by atoms with Crippen LogP contribution in [0, 0.1) is 11.6 Å². The third-order valence-corrected chi connectivity index (χ3v) is 5.60. The lowest BCUT2D eigenvalue weighted by atomic mass is 10.1. The normalized spacial score (nSPS) is 11.9. The molecule has 180 valence electrons. The fourth-order valence-electron chi connectivity index (χ4n) is 3.76. The Labute approximate surface area is 198 Å². The van der Waals surface area contributed by atoms with Gasteiger partial charge in [-0.3, -0.25) is 0 Å². The average molecular weight is 480 g/mol. The molecule has 8 nitrogen and oxygen atoms in total. The van der Waals surface area contributed by atoms with Gasteiger partial charge in [0.25, 0.3) is 0 Å². The van der Waals surface area contributed by atoms with Crippen molar-refractivity contribution in [3.8, 4) is 11.4 Å². The highest BCUT2D eigenvalue weighted by atomic mass is 19.1. The maximum Gasteiger partial charge on any atom is 0.341 e. The van der Waals surface area contributed by atoms with E-state index in [9.17, 15) is 18.8 Å². The first kappa shape index (κ1) is 23.8. The molecule has 1 heterocycles. The van der Waals surface area contributed by atoms with E-state index in [1.807, 2.05) is 0 Å². The summed E-state index contributed by atoms with van der Waals surface area (Å²) in [4.78, 5) is 40.0. The van der Waals surface area contributed by atoms with E-state index in [2.05, 4.69) is 0 Å². The van der Waals surface area contributed by atoms with Crippen molar-refractivity contribution >= 4 is 0 Å². The second-order valence-electron chi connectivity index (χ2n) is 7.78. The minimum Gasteiger partial charge on any atom is -0.494 e. The molecule has 0 bridgehead atoms. The lowest BCUT2D eigenvalue weighted by molar-refractivity contribution is 0.384. The number of hydrogen-bond donors (Lipinski definition) is 1. The highest BCUT2D eigenvalue weighted by Gasteiger charge is 2.22. The maximum atomic E-state index is 15.1. The first-order valence-corrected chi connectivity index (χ1v) is 10.7. The largest absolute Gasteiger partial charge is 0.494 e. The maximum absolute atomic E-state index is 15.1. The summed E-state index contributed by atoms with van der Waals surface area (Å²) in [5, 5.41) is 0. The van der Waals surface area contributed by atoms with Crippen molar-refractivity contribution in [1.82, 2.24) is 13.7 Å². The summed E-state index contributed by atoms with van der Waals surface area (Å²) in [5.41, 5.74) is 3.32. The number of nitrogens with two attached hydrogens (primary N) is 1. The van der Waals surface area contributed by atoms with Crippen LogP contribution in [-0.4, -0.2) is 20.8 Å². The standard InChI is InChI=1S/C25H22F2N4O4/c1-35-21-13-7-12-20(22(21)27)31-24(33)29(14-17-10-5-6-11-18(17)26)23(32)30(25(31)34)15-19(28)16-8-3-2-4-9-16/h2-13,19H,14-15,28H2,1H3/t19-/m0/s1. The molecule has 4 aromatic rings. The number of nitrogens with zero attached hydrogens (tertiary/aromatic N) is 3. The second kappa shape index (κ2) is 9.90. The van der Waals surface area contributed by atoms with Gasteiger partial charge in [0, 0.05) is 11.6 Å². The van der Waals surface area contributed by atoms with Crippen LogP contribution >= 0.6 is 0 Å². The van der Waals surface area contributed by atoms with Crippen LogP contribution in [0.15, 0.2) is 87.2 Å². The first-order chi connectivity index (χ1) is 16.8. The van der Waals surface area contributed by atoms with Gasteiger partial charge < -0.3 is 10.5 Å². The Balaban J connectivity index is 1.97. The Morgan fingerprint density at radius 3 is 2.17 bits per heavy atom. The molecule has 0 spiro atoms. The minimum atomic E-state index is -1.13. The SMILES string of the molecule is COc1cccc(-n2c(=O)n(Cc3ccccc3F)c(=O)n(C[C@H](N)c3ccccc3)c2=O)c1F. The molecule has 0 fully saturated rings. The van der Waals surface area contributed by atoms with Gasteiger partial charge >= 0.3 is 17.1 Å². The highest BCUT2D eigenvalue weighted by molar-refractivity contribution is 5.41. The zero-order valence-electron chi connectivity index (χ0n) is 18.7. The van der Waals surface area contributed by atoms with Gasteiger partial charge in [0.2, 0.25) is 0 Å². The molecule has 0 unspecified atom stereocenters. The minimum absolute atomic E-state index is 0.0434. The van der Waals surface area contributed by atoms with Crippen LogP contribution in [0.25, 0.3) is 5.69 Å². The van der Waals surface area contributed by atoms with E-state index in [-0.39, 0.29) is 17.9 Å². The van der Waals surface area contributed by atoms with E-state index in [0.29, 0.717) is 14.7 Å². The van der Waals surface area contributed by atoms with Gasteiger partial charge in [0.1, 0.15) is 5.82 Å². The van der Waals surface area contributed by atoms with E-state index in [4.69, 9.17) is 10.5 Å². The van der Waals surface area contributed by atoms with Crippen LogP contribution in [0.3, 0.4) is 0 Å². The van der Waals surface area contributed by atoms with Crippen molar-refractivity contribution in [2.75, 3.05) is 7.11 Å². The summed E-state index contributed by atoms with van der Waals surface area (Å²) in [6.07, 6.45) is 0. The zero-order chi connectivity index (χ0) is 25.1. The third-order valence-electron chi connectivity index (χ3n) is 5.60. The Morgan fingerprint density at radius 2 is 1.49 bits per heavy atom. The summed E-state index contributed by atoms with van der Waals surface area (Å²) < 4.78 is 36.4. The van der Waals surface area contributed by atoms with E-state index in [1.165, 1.54) is 43.5 Å². The van der Waals surface area contributed by atoms with Crippen molar-refractivity contribution in [2.24, 2.45) is 5.73 Å². The van der Waals surface area contributed by atoms with Crippen molar-refractivity contribution in [2.45, 2.75) is 19.1 Å². The highest BCUT2D eigenvalue weighted by Crippen LogP contribution is 2.21. The summed E-state index contributed by atoms with van der Waals surface area (Å²) in [6.45, 7) is -0.776. The van der Waals surface area contributed by atoms with Crippen LogP contribution in [0.2, 0.25) is 0 Å². The van der Waals surface area contributed by atoms with E-state index < -0.39 is 47.0 Å². The van der Waals surface area contributed by atoms with Crippen molar-refractivity contribution in [3.63, 3.8) is 0 Å². The molecule has 10 heteroatoms. The summed E-state index contributed by atoms with van der Waals surface area (Å²) in [6, 6.07) is 17.5. The average Bonchev–Trinajstić information content (AvgIpc) is 2.87. The molecule has 0 saturated carbocycles. The Hall–Kier alpha value is -4.31. The lowest BCUT2D eigenvalue weighted by Gasteiger charge is -2.18. The molecule has 35 heavy (non-hydrogen) atoms. The molecule has 0 aliphatic heterocycles. The third kappa shape index (κ3) is 4.56. The number of halogens is 2. The Bertz CT molecular complexity index is 1540. The monoisotopic (exact) mass is 480 g/mol. The molecular weight excluding hydrogens is 458 g/mol. The molecule has 0 amide bonds. The van der Waals surface area contributed by atoms with Gasteiger partial charge in [-0.25, -0.2) is 36.9 Å². The van der Waals surface area contributed by atoms with Gasteiger partial charge in [-0.2, -0.15) is 0 Å². The van der Waals surface area contributed by atoms with E-state index in [0.717, 1.165) is 4.57 Å². The van der Waals surface area contributed by atoms with Gasteiger partial charge in [0.05, 0.1) is 25.9 Å². The fourth-order valence-corrected chi connectivity index (χ4v) is 3.76. The van der Waals surface area contributed by atoms with Crippen molar-refractivity contribution < 1.29 is 13.5 Å². The number of rotatable bonds is 7. The van der Waals surface area contributed by atoms with Gasteiger partial charge in [-0.05, 0) is 23.8 Å². The van der Waals surface area contributed by atoms with Crippen molar-refractivity contribution in [3.05, 3.63) is 127 Å². The molecule has 1 aromatic heterocycles. The van der Waals surface area contributed by atoms with Gasteiger partial charge in [-0.1, -0.05) is 54.6 Å². The van der Waals surface area contributed by atoms with Crippen molar-refractivity contribution in [1.29, 1.82) is 0 Å². The quantitative estimate of drug-likeness (QED) is 0.437. The molecule has 2 N–H and O–H groups in total. The second-order valence-corrected chi connectivity index (χ2v) is 7.78. The number of aromatic nitrogens is 3. The Morgan fingerprint density at radius 1 is 0.829 bits per heavy atom. The predicted octanol–water partition coefficient (Wildman–Crippen LogP) is 2.20. The number of hydrogen-bond acceptors (Lipinski definition) is 5. The Kier molecular flexibility index (Phi) is 6.74. The number of benzene rings is 3. The molecule has 3 aromatic carbocycles. The van der Waals surface area contributed by atoms with Crippen LogP contribution in [0.1, 0.15) is 17.2 Å². The molecule has 0 radical (unpaired) electrons. The molecular formula is C25H22F2N4O4. The topological polar surface area (TPSA) is 101 Å². The van der Waals surface area contributed by atoms with Crippen LogP contribution < -0.4 is 27.5 Å². The molecule has 4 rings (SSSR count). The number of methoxy groups -OCH3 is 1. The summed E-state index contributed by atoms with van der Waals surface area (Å²) in [5.74, 6) is -1.81. The van der Waals surface area contributed by atoms with Crippen LogP contribution in [-0.2, 0) is 13.1 Å². The van der Waals surface area contributed by atoms with E-state index in [1.54, 1.807) is 36.4 Å². The van der Waals surface area contributed by atoms with Gasteiger partial charge in [0.15, 0.2) is 11.6 Å². The lowest BCUT2D eigenvalue weighted by Crippen LogP contribution is -2.55. The molecule has 1 atom stereocenters. The smallest absolute Gasteiger partial charge is 0.341 e. The predicted molar refractivity (Wildman–Crippen MR) is 126 cm³/mol. The molecule has 0 saturated heterocycles. The zero-order valence-corrected chi connectivity index (χ0v) is 18.7. The molecule has 0 aliphatic carbocycles. The van der Waals surface area contributed by atoms with Gasteiger partial charge in [-0.15, -0.1) is 0 Å². The summed E-state index contributed by atoms with van der Waals surface area (Å²) >= 11 is 0. The van der Waals surface area contributed by atoms with Crippen LogP contribution in [0.5, 0.6) is 5.75 Å². The summed E-state index contributed by atoms with van der Waals surface area (Å²) in [7, 11) is 1.24. The fraction of sp³-hybridized carbons (Fsp3) is 0.160. The first-order valence-electron chi connectivity index (χ1n) is 10.7. The number of ether oxygens (including phenoxy) is 1. The van der Waals surface area contributed by atoms with E-state index >= 15 is 4.39 Å². The van der Waals surface area contributed by atoms with Crippen LogP contribution in [0.4, 0.5) is 8.78 Å².